The predicted molar refractivity (Wildman–Crippen MR) is 98.9 cm³/mol. The molecule has 0 unspecified atom stereocenters. The lowest BCUT2D eigenvalue weighted by molar-refractivity contribution is 0.453. The van der Waals surface area contributed by atoms with Crippen LogP contribution in [-0.2, 0) is 25.7 Å². The van der Waals surface area contributed by atoms with Crippen molar-refractivity contribution in [3.8, 4) is 23.0 Å². The molecule has 118 valence electrons. The summed E-state index contributed by atoms with van der Waals surface area (Å²) in [7, 11) is 0. The third-order valence-electron chi connectivity index (χ3n) is 6.43. The molecule has 3 aromatic rings. The van der Waals surface area contributed by atoms with Crippen LogP contribution in [0, 0.1) is 0 Å². The molecule has 0 bridgehead atoms. The molecule has 2 heterocycles. The van der Waals surface area contributed by atoms with Crippen LogP contribution in [0.25, 0.3) is 0 Å². The first-order chi connectivity index (χ1) is 12.4. The molecule has 0 radical (unpaired) electrons. The average molecular weight is 322 g/mol. The summed E-state index contributed by atoms with van der Waals surface area (Å²) in [6, 6.07) is 15.4. The molecule has 2 aliphatic carbocycles. The van der Waals surface area contributed by atoms with Crippen LogP contribution in [0.1, 0.15) is 22.3 Å². The quantitative estimate of drug-likeness (QED) is 0.408. The normalized spacial score (nSPS) is 16.7. The highest BCUT2D eigenvalue weighted by Crippen LogP contribution is 2.41. The van der Waals surface area contributed by atoms with Crippen molar-refractivity contribution in [1.82, 2.24) is 0 Å². The summed E-state index contributed by atoms with van der Waals surface area (Å²) >= 11 is 0. The lowest BCUT2D eigenvalue weighted by atomic mass is 9.34. The summed E-state index contributed by atoms with van der Waals surface area (Å²) in [6.45, 7) is 0.232. The standard InChI is InChI=1S/C22H15BO2/c1-2-18-20-19(3-1)25-22-15-9-5-13(15)7-11-17(22)23(20)16-10-6-12-4-8-14(12)21(16)24-18/h1-3,6-7,10-11H,4-5,8-9H2. The summed E-state index contributed by atoms with van der Waals surface area (Å²) in [5, 5.41) is 0. The van der Waals surface area contributed by atoms with Gasteiger partial charge in [0.25, 0.3) is 6.71 Å². The number of aryl methyl sites for hydroxylation is 2. The van der Waals surface area contributed by atoms with Gasteiger partial charge in [-0.2, -0.15) is 0 Å². The Hall–Kier alpha value is -2.68. The average Bonchev–Trinajstić information content (AvgIpc) is 2.55. The van der Waals surface area contributed by atoms with Gasteiger partial charge in [-0.1, -0.05) is 30.3 Å². The van der Waals surface area contributed by atoms with E-state index in [2.05, 4.69) is 36.4 Å². The van der Waals surface area contributed by atoms with E-state index >= 15 is 0 Å². The molecule has 3 aromatic carbocycles. The maximum absolute atomic E-state index is 6.39. The molecule has 0 N–H and O–H groups in total. The first kappa shape index (κ1) is 12.7. The monoisotopic (exact) mass is 322 g/mol. The van der Waals surface area contributed by atoms with E-state index in [1.807, 2.05) is 6.07 Å². The summed E-state index contributed by atoms with van der Waals surface area (Å²) in [4.78, 5) is 0. The Labute approximate surface area is 146 Å². The number of rotatable bonds is 0. The van der Waals surface area contributed by atoms with Crippen LogP contribution < -0.4 is 25.9 Å². The van der Waals surface area contributed by atoms with Gasteiger partial charge in [-0.05, 0) is 71.0 Å². The van der Waals surface area contributed by atoms with Gasteiger partial charge in [0.05, 0.1) is 0 Å². The van der Waals surface area contributed by atoms with Gasteiger partial charge in [-0.25, -0.2) is 0 Å². The van der Waals surface area contributed by atoms with E-state index in [0.29, 0.717) is 0 Å². The zero-order valence-electron chi connectivity index (χ0n) is 13.8. The van der Waals surface area contributed by atoms with Crippen LogP contribution in [0.3, 0.4) is 0 Å². The highest BCUT2D eigenvalue weighted by molar-refractivity contribution is 6.98. The summed E-state index contributed by atoms with van der Waals surface area (Å²) in [6.07, 6.45) is 4.62. The minimum Gasteiger partial charge on any atom is -0.458 e. The molecule has 25 heavy (non-hydrogen) atoms. The fourth-order valence-electron chi connectivity index (χ4n) is 4.94. The molecular formula is C22H15BO2. The second-order valence-electron chi connectivity index (χ2n) is 7.55. The van der Waals surface area contributed by atoms with Crippen molar-refractivity contribution in [2.75, 3.05) is 0 Å². The molecule has 2 nitrogen and oxygen atoms in total. The van der Waals surface area contributed by atoms with E-state index in [4.69, 9.17) is 9.47 Å². The Balaban J connectivity index is 1.58. The van der Waals surface area contributed by atoms with Crippen molar-refractivity contribution in [2.24, 2.45) is 0 Å². The first-order valence-corrected chi connectivity index (χ1v) is 9.16. The van der Waals surface area contributed by atoms with Gasteiger partial charge < -0.3 is 9.47 Å². The van der Waals surface area contributed by atoms with Gasteiger partial charge >= 0.3 is 0 Å². The molecule has 0 atom stereocenters. The van der Waals surface area contributed by atoms with E-state index in [1.165, 1.54) is 51.5 Å². The Morgan fingerprint density at radius 2 is 1.20 bits per heavy atom. The van der Waals surface area contributed by atoms with Crippen molar-refractivity contribution in [2.45, 2.75) is 25.7 Å². The smallest absolute Gasteiger partial charge is 0.260 e. The molecule has 2 aliphatic heterocycles. The maximum atomic E-state index is 6.39. The molecule has 3 heteroatoms. The first-order valence-electron chi connectivity index (χ1n) is 9.16. The third-order valence-corrected chi connectivity index (χ3v) is 6.43. The second kappa shape index (κ2) is 4.11. The zero-order chi connectivity index (χ0) is 16.1. The molecule has 0 amide bonds. The van der Waals surface area contributed by atoms with Gasteiger partial charge in [-0.15, -0.1) is 0 Å². The van der Waals surface area contributed by atoms with Crippen molar-refractivity contribution >= 4 is 23.1 Å². The molecule has 0 aromatic heterocycles. The Bertz CT molecular complexity index is 1030. The second-order valence-corrected chi connectivity index (χ2v) is 7.55. The van der Waals surface area contributed by atoms with E-state index in [9.17, 15) is 0 Å². The van der Waals surface area contributed by atoms with E-state index < -0.39 is 0 Å². The van der Waals surface area contributed by atoms with Crippen molar-refractivity contribution in [3.05, 3.63) is 64.7 Å². The summed E-state index contributed by atoms with van der Waals surface area (Å²) in [5.74, 6) is 4.13. The fourth-order valence-corrected chi connectivity index (χ4v) is 4.94. The third kappa shape index (κ3) is 1.40. The Morgan fingerprint density at radius 3 is 1.68 bits per heavy atom. The topological polar surface area (TPSA) is 18.5 Å². The van der Waals surface area contributed by atoms with Crippen LogP contribution in [0.15, 0.2) is 42.5 Å². The lowest BCUT2D eigenvalue weighted by Gasteiger charge is -2.37. The van der Waals surface area contributed by atoms with E-state index in [1.54, 1.807) is 0 Å². The number of hydrogen-bond donors (Lipinski definition) is 0. The molecule has 0 saturated heterocycles. The molecule has 0 fully saturated rings. The molecule has 4 aliphatic rings. The lowest BCUT2D eigenvalue weighted by Crippen LogP contribution is -2.58. The van der Waals surface area contributed by atoms with Crippen LogP contribution in [0.4, 0.5) is 0 Å². The highest BCUT2D eigenvalue weighted by Gasteiger charge is 2.43. The van der Waals surface area contributed by atoms with Crippen molar-refractivity contribution < 1.29 is 9.47 Å². The van der Waals surface area contributed by atoms with Crippen molar-refractivity contribution in [1.29, 1.82) is 0 Å². The van der Waals surface area contributed by atoms with E-state index in [-0.39, 0.29) is 6.71 Å². The van der Waals surface area contributed by atoms with Gasteiger partial charge in [0.15, 0.2) is 0 Å². The molecule has 7 rings (SSSR count). The number of hydrogen-bond acceptors (Lipinski definition) is 2. The molecular weight excluding hydrogens is 307 g/mol. The highest BCUT2D eigenvalue weighted by atomic mass is 16.5. The zero-order valence-corrected chi connectivity index (χ0v) is 13.8. The van der Waals surface area contributed by atoms with Crippen LogP contribution in [0.5, 0.6) is 23.0 Å². The van der Waals surface area contributed by atoms with Gasteiger partial charge in [-0.3, -0.25) is 0 Å². The SMILES string of the molecule is c1cc2c3c(c1)Oc1c(ccc4c1CC4)B3c1ccc3c(c1O2)CC3. The van der Waals surface area contributed by atoms with Crippen LogP contribution in [-0.4, -0.2) is 6.71 Å². The number of benzene rings is 3. The van der Waals surface area contributed by atoms with Crippen LogP contribution in [0.2, 0.25) is 0 Å². The predicted octanol–water partition coefficient (Wildman–Crippen LogP) is 2.61. The Morgan fingerprint density at radius 1 is 0.640 bits per heavy atom. The molecule has 0 saturated carbocycles. The van der Waals surface area contributed by atoms with Crippen LogP contribution >= 0.6 is 0 Å². The maximum Gasteiger partial charge on any atom is 0.260 e. The number of ether oxygens (including phenoxy) is 2. The van der Waals surface area contributed by atoms with Gasteiger partial charge in [0.2, 0.25) is 0 Å². The Kier molecular flexibility index (Phi) is 2.08. The minimum atomic E-state index is 0.232. The van der Waals surface area contributed by atoms with Gasteiger partial charge in [0.1, 0.15) is 23.0 Å². The summed E-state index contributed by atoms with van der Waals surface area (Å²) < 4.78 is 12.8. The molecule has 0 spiro atoms. The summed E-state index contributed by atoms with van der Waals surface area (Å²) in [5.41, 5.74) is 9.52. The van der Waals surface area contributed by atoms with Gasteiger partial charge in [0, 0.05) is 5.46 Å². The fraction of sp³-hybridized carbons (Fsp3) is 0.182. The largest absolute Gasteiger partial charge is 0.458 e. The van der Waals surface area contributed by atoms with E-state index in [0.717, 1.165) is 35.8 Å². The van der Waals surface area contributed by atoms with Crippen molar-refractivity contribution in [3.63, 3.8) is 0 Å². The minimum absolute atomic E-state index is 0.232. The number of fused-ring (bicyclic) bond motifs is 8.